The molecule has 22 heavy (non-hydrogen) atoms. The third-order valence-corrected chi connectivity index (χ3v) is 3.86. The lowest BCUT2D eigenvalue weighted by Crippen LogP contribution is -2.31. The fourth-order valence-electron chi connectivity index (χ4n) is 2.61. The molecule has 116 valence electrons. The highest BCUT2D eigenvalue weighted by Crippen LogP contribution is 2.23. The second-order valence-electron chi connectivity index (χ2n) is 5.38. The zero-order valence-corrected chi connectivity index (χ0v) is 13.3. The summed E-state index contributed by atoms with van der Waals surface area (Å²) in [5, 5.41) is 0.635. The number of oxazole rings is 1. The molecule has 0 aliphatic carbocycles. The molecule has 1 aromatic heterocycles. The molecule has 6 heteroatoms. The van der Waals surface area contributed by atoms with Crippen LogP contribution in [0.15, 0.2) is 28.7 Å². The van der Waals surface area contributed by atoms with Gasteiger partial charge >= 0.3 is 0 Å². The fourth-order valence-corrected chi connectivity index (χ4v) is 2.80. The van der Waals surface area contributed by atoms with Gasteiger partial charge in [0.2, 0.25) is 5.76 Å². The van der Waals surface area contributed by atoms with Crippen LogP contribution in [0, 0.1) is 13.8 Å². The quantitative estimate of drug-likeness (QED) is 0.871. The molecule has 0 spiro atoms. The van der Waals surface area contributed by atoms with Crippen LogP contribution in [0.25, 0.3) is 0 Å². The van der Waals surface area contributed by atoms with Crippen molar-refractivity contribution in [3.05, 3.63) is 46.6 Å². The van der Waals surface area contributed by atoms with Gasteiger partial charge in [-0.05, 0) is 25.1 Å². The van der Waals surface area contributed by atoms with E-state index in [-0.39, 0.29) is 12.0 Å². The standard InChI is InChI=1S/C16H17ClN2O3/c1-10-15(21-11(2)18-10)16(20)19-7-6-14(9-19)22-13-5-3-4-12(17)8-13/h3-5,8,14H,6-7,9H2,1-2H3. The maximum Gasteiger partial charge on any atom is 0.291 e. The minimum atomic E-state index is -0.129. The average molecular weight is 321 g/mol. The van der Waals surface area contributed by atoms with E-state index in [1.165, 1.54) is 0 Å². The van der Waals surface area contributed by atoms with Gasteiger partial charge in [0.15, 0.2) is 5.89 Å². The zero-order chi connectivity index (χ0) is 15.7. The van der Waals surface area contributed by atoms with Crippen molar-refractivity contribution in [1.82, 2.24) is 9.88 Å². The zero-order valence-electron chi connectivity index (χ0n) is 12.5. The minimum absolute atomic E-state index is 0.0354. The molecule has 2 heterocycles. The van der Waals surface area contributed by atoms with Gasteiger partial charge in [0.1, 0.15) is 11.9 Å². The van der Waals surface area contributed by atoms with Crippen molar-refractivity contribution in [3.63, 3.8) is 0 Å². The molecule has 1 saturated heterocycles. The van der Waals surface area contributed by atoms with Gasteiger partial charge in [-0.1, -0.05) is 17.7 Å². The highest BCUT2D eigenvalue weighted by atomic mass is 35.5. The van der Waals surface area contributed by atoms with Crippen molar-refractivity contribution in [2.75, 3.05) is 13.1 Å². The number of ether oxygens (including phenoxy) is 1. The summed E-state index contributed by atoms with van der Waals surface area (Å²) in [5.74, 6) is 1.42. The molecule has 0 N–H and O–H groups in total. The molecule has 0 bridgehead atoms. The number of aromatic nitrogens is 1. The number of hydrogen-bond donors (Lipinski definition) is 0. The van der Waals surface area contributed by atoms with E-state index in [2.05, 4.69) is 4.98 Å². The van der Waals surface area contributed by atoms with Crippen LogP contribution in [0.5, 0.6) is 5.75 Å². The number of carbonyl (C=O) groups is 1. The van der Waals surface area contributed by atoms with Crippen LogP contribution in [-0.4, -0.2) is 35.0 Å². The van der Waals surface area contributed by atoms with Gasteiger partial charge in [0.05, 0.1) is 12.2 Å². The van der Waals surface area contributed by atoms with E-state index in [1.54, 1.807) is 30.9 Å². The van der Waals surface area contributed by atoms with Crippen molar-refractivity contribution in [1.29, 1.82) is 0 Å². The molecule has 1 aliphatic rings. The number of benzene rings is 1. The van der Waals surface area contributed by atoms with Gasteiger partial charge in [-0.15, -0.1) is 0 Å². The Morgan fingerprint density at radius 2 is 2.27 bits per heavy atom. The Hall–Kier alpha value is -2.01. The highest BCUT2D eigenvalue weighted by Gasteiger charge is 2.31. The van der Waals surface area contributed by atoms with Crippen LogP contribution in [0.2, 0.25) is 5.02 Å². The maximum absolute atomic E-state index is 12.4. The number of aryl methyl sites for hydroxylation is 2. The lowest BCUT2D eigenvalue weighted by molar-refractivity contribution is 0.0738. The Balaban J connectivity index is 1.65. The summed E-state index contributed by atoms with van der Waals surface area (Å²) in [6, 6.07) is 7.28. The second kappa shape index (κ2) is 6.01. The fraction of sp³-hybridized carbons (Fsp3) is 0.375. The number of amides is 1. The van der Waals surface area contributed by atoms with Crippen LogP contribution in [0.3, 0.4) is 0 Å². The third kappa shape index (κ3) is 3.09. The Morgan fingerprint density at radius 1 is 1.45 bits per heavy atom. The normalized spacial score (nSPS) is 17.8. The Kier molecular flexibility index (Phi) is 4.07. The van der Waals surface area contributed by atoms with Crippen molar-refractivity contribution in [2.24, 2.45) is 0 Å². The van der Waals surface area contributed by atoms with Gasteiger partial charge in [0.25, 0.3) is 5.91 Å². The maximum atomic E-state index is 12.4. The van der Waals surface area contributed by atoms with Crippen molar-refractivity contribution < 1.29 is 13.9 Å². The topological polar surface area (TPSA) is 55.6 Å². The van der Waals surface area contributed by atoms with Crippen LogP contribution in [0.1, 0.15) is 28.6 Å². The van der Waals surface area contributed by atoms with E-state index in [1.807, 2.05) is 12.1 Å². The third-order valence-electron chi connectivity index (χ3n) is 3.63. The Bertz CT molecular complexity index is 698. The van der Waals surface area contributed by atoms with Gasteiger partial charge in [-0.2, -0.15) is 0 Å². The molecule has 1 unspecified atom stereocenters. The minimum Gasteiger partial charge on any atom is -0.488 e. The summed E-state index contributed by atoms with van der Waals surface area (Å²) in [5.41, 5.74) is 0.627. The van der Waals surface area contributed by atoms with Gasteiger partial charge in [-0.25, -0.2) is 4.98 Å². The molecule has 0 radical (unpaired) electrons. The monoisotopic (exact) mass is 320 g/mol. The summed E-state index contributed by atoms with van der Waals surface area (Å²) < 4.78 is 11.3. The first-order valence-corrected chi connectivity index (χ1v) is 7.56. The average Bonchev–Trinajstić information content (AvgIpc) is 3.05. The van der Waals surface area contributed by atoms with E-state index in [0.29, 0.717) is 35.5 Å². The number of rotatable bonds is 3. The van der Waals surface area contributed by atoms with Crippen molar-refractivity contribution in [2.45, 2.75) is 26.4 Å². The second-order valence-corrected chi connectivity index (χ2v) is 5.82. The van der Waals surface area contributed by atoms with E-state index in [0.717, 1.165) is 12.2 Å². The van der Waals surface area contributed by atoms with E-state index in [4.69, 9.17) is 20.8 Å². The predicted molar refractivity (Wildman–Crippen MR) is 82.4 cm³/mol. The summed E-state index contributed by atoms with van der Waals surface area (Å²) in [4.78, 5) is 18.3. The molecule has 0 saturated carbocycles. The van der Waals surface area contributed by atoms with Gasteiger partial charge < -0.3 is 14.1 Å². The summed E-state index contributed by atoms with van der Waals surface area (Å²) >= 11 is 5.95. The predicted octanol–water partition coefficient (Wildman–Crippen LogP) is 3.24. The van der Waals surface area contributed by atoms with E-state index >= 15 is 0 Å². The largest absolute Gasteiger partial charge is 0.488 e. The molecule has 1 aromatic carbocycles. The Labute approximate surface area is 133 Å². The molecular formula is C16H17ClN2O3. The smallest absolute Gasteiger partial charge is 0.291 e. The van der Waals surface area contributed by atoms with Crippen LogP contribution in [0.4, 0.5) is 0 Å². The van der Waals surface area contributed by atoms with Gasteiger partial charge in [0, 0.05) is 24.9 Å². The van der Waals surface area contributed by atoms with Crippen LogP contribution < -0.4 is 4.74 Å². The lowest BCUT2D eigenvalue weighted by Gasteiger charge is -2.16. The molecule has 1 atom stereocenters. The summed E-state index contributed by atoms with van der Waals surface area (Å²) in [7, 11) is 0. The van der Waals surface area contributed by atoms with E-state index < -0.39 is 0 Å². The van der Waals surface area contributed by atoms with Gasteiger partial charge in [-0.3, -0.25) is 4.79 Å². The first-order chi connectivity index (χ1) is 10.5. The molecule has 1 fully saturated rings. The van der Waals surface area contributed by atoms with Crippen molar-refractivity contribution in [3.8, 4) is 5.75 Å². The first-order valence-electron chi connectivity index (χ1n) is 7.18. The van der Waals surface area contributed by atoms with Crippen LogP contribution in [-0.2, 0) is 0 Å². The van der Waals surface area contributed by atoms with Crippen LogP contribution >= 0.6 is 11.6 Å². The van der Waals surface area contributed by atoms with E-state index in [9.17, 15) is 4.79 Å². The molecular weight excluding hydrogens is 304 g/mol. The molecule has 1 amide bonds. The molecule has 3 rings (SSSR count). The summed E-state index contributed by atoms with van der Waals surface area (Å²) in [6.07, 6.45) is 0.747. The lowest BCUT2D eigenvalue weighted by atomic mass is 10.3. The summed E-state index contributed by atoms with van der Waals surface area (Å²) in [6.45, 7) is 4.69. The van der Waals surface area contributed by atoms with Crippen molar-refractivity contribution >= 4 is 17.5 Å². The molecule has 5 nitrogen and oxygen atoms in total. The number of carbonyl (C=O) groups excluding carboxylic acids is 1. The highest BCUT2D eigenvalue weighted by molar-refractivity contribution is 6.30. The number of likely N-dealkylation sites (tertiary alicyclic amines) is 1. The molecule has 2 aromatic rings. The Morgan fingerprint density at radius 3 is 2.95 bits per heavy atom. The molecule has 1 aliphatic heterocycles. The first kappa shape index (κ1) is 14.9. The number of hydrogen-bond acceptors (Lipinski definition) is 4. The SMILES string of the molecule is Cc1nc(C)c(C(=O)N2CCC(Oc3cccc(Cl)c3)C2)o1. The number of nitrogens with zero attached hydrogens (tertiary/aromatic N) is 2. The number of halogens is 1.